The Balaban J connectivity index is 1.77. The molecule has 3 rings (SSSR count). The van der Waals surface area contributed by atoms with Gasteiger partial charge in [0.1, 0.15) is 0 Å². The Hall–Kier alpha value is -3.41. The number of aromatic amines is 1. The highest BCUT2D eigenvalue weighted by molar-refractivity contribution is 6.06. The Morgan fingerprint density at radius 2 is 1.67 bits per heavy atom. The molecule has 2 N–H and O–H groups in total. The standard InChI is InChI=1S/C18H15N3O3/c1-24-18(23)15-16(20-11-19-15)21-17(22)14-9-7-13(8-10-14)12-5-3-2-4-6-12/h2-11H,1H3,(H,19,20)(H,21,22). The summed E-state index contributed by atoms with van der Waals surface area (Å²) in [5, 5.41) is 2.60. The van der Waals surface area contributed by atoms with E-state index in [2.05, 4.69) is 20.0 Å². The van der Waals surface area contributed by atoms with Crippen LogP contribution in [0.4, 0.5) is 5.82 Å². The van der Waals surface area contributed by atoms with E-state index in [1.807, 2.05) is 42.5 Å². The van der Waals surface area contributed by atoms with Crippen molar-refractivity contribution in [3.63, 3.8) is 0 Å². The van der Waals surface area contributed by atoms with Crippen molar-refractivity contribution in [3.05, 3.63) is 72.2 Å². The number of ether oxygens (including phenoxy) is 1. The number of rotatable bonds is 4. The largest absolute Gasteiger partial charge is 0.464 e. The van der Waals surface area contributed by atoms with Crippen LogP contribution in [0.15, 0.2) is 60.9 Å². The van der Waals surface area contributed by atoms with Crippen LogP contribution in [0.2, 0.25) is 0 Å². The molecule has 0 bridgehead atoms. The van der Waals surface area contributed by atoms with Crippen LogP contribution >= 0.6 is 0 Å². The summed E-state index contributed by atoms with van der Waals surface area (Å²) >= 11 is 0. The predicted molar refractivity (Wildman–Crippen MR) is 89.8 cm³/mol. The lowest BCUT2D eigenvalue weighted by atomic mass is 10.0. The van der Waals surface area contributed by atoms with Crippen molar-refractivity contribution < 1.29 is 14.3 Å². The molecule has 0 aliphatic carbocycles. The van der Waals surface area contributed by atoms with E-state index in [0.717, 1.165) is 11.1 Å². The Kier molecular flexibility index (Phi) is 4.38. The number of aromatic nitrogens is 2. The van der Waals surface area contributed by atoms with Gasteiger partial charge in [-0.05, 0) is 23.3 Å². The number of nitrogens with one attached hydrogen (secondary N) is 2. The Bertz CT molecular complexity index is 855. The lowest BCUT2D eigenvalue weighted by Crippen LogP contribution is -2.15. The van der Waals surface area contributed by atoms with Crippen molar-refractivity contribution in [1.82, 2.24) is 9.97 Å². The van der Waals surface area contributed by atoms with Crippen LogP contribution in [-0.2, 0) is 4.74 Å². The zero-order valence-corrected chi connectivity index (χ0v) is 12.9. The predicted octanol–water partition coefficient (Wildman–Crippen LogP) is 3.12. The summed E-state index contributed by atoms with van der Waals surface area (Å²) < 4.78 is 4.63. The molecule has 3 aromatic rings. The number of H-pyrrole nitrogens is 1. The summed E-state index contributed by atoms with van der Waals surface area (Å²) in [6.45, 7) is 0. The van der Waals surface area contributed by atoms with Gasteiger partial charge in [0.05, 0.1) is 13.4 Å². The second kappa shape index (κ2) is 6.78. The molecular weight excluding hydrogens is 306 g/mol. The first-order chi connectivity index (χ1) is 11.7. The quantitative estimate of drug-likeness (QED) is 0.723. The fourth-order valence-electron chi connectivity index (χ4n) is 2.27. The van der Waals surface area contributed by atoms with Crippen LogP contribution in [0, 0.1) is 0 Å². The number of nitrogens with zero attached hydrogens (tertiary/aromatic N) is 1. The number of benzene rings is 2. The molecule has 0 radical (unpaired) electrons. The Morgan fingerprint density at radius 1 is 1.00 bits per heavy atom. The maximum absolute atomic E-state index is 12.3. The molecule has 0 aliphatic rings. The monoisotopic (exact) mass is 321 g/mol. The second-order valence-corrected chi connectivity index (χ2v) is 5.02. The van der Waals surface area contributed by atoms with Gasteiger partial charge in [-0.25, -0.2) is 9.78 Å². The van der Waals surface area contributed by atoms with E-state index in [-0.39, 0.29) is 17.4 Å². The van der Waals surface area contributed by atoms with E-state index in [9.17, 15) is 9.59 Å². The van der Waals surface area contributed by atoms with Crippen molar-refractivity contribution in [3.8, 4) is 11.1 Å². The lowest BCUT2D eigenvalue weighted by Gasteiger charge is -2.06. The van der Waals surface area contributed by atoms with Crippen LogP contribution in [0.3, 0.4) is 0 Å². The molecule has 6 nitrogen and oxygen atoms in total. The maximum Gasteiger partial charge on any atom is 0.358 e. The summed E-state index contributed by atoms with van der Waals surface area (Å²) in [6.07, 6.45) is 1.32. The number of esters is 1. The zero-order chi connectivity index (χ0) is 16.9. The van der Waals surface area contributed by atoms with Crippen LogP contribution in [0.1, 0.15) is 20.8 Å². The molecule has 0 saturated carbocycles. The molecular formula is C18H15N3O3. The van der Waals surface area contributed by atoms with Gasteiger partial charge in [0.25, 0.3) is 5.91 Å². The van der Waals surface area contributed by atoms with Crippen molar-refractivity contribution in [2.24, 2.45) is 0 Å². The van der Waals surface area contributed by atoms with Crippen molar-refractivity contribution in [2.75, 3.05) is 12.4 Å². The number of methoxy groups -OCH3 is 1. The number of hydrogen-bond donors (Lipinski definition) is 2. The summed E-state index contributed by atoms with van der Waals surface area (Å²) in [5.74, 6) is -0.812. The van der Waals surface area contributed by atoms with Gasteiger partial charge in [0, 0.05) is 5.56 Å². The van der Waals surface area contributed by atoms with Gasteiger partial charge < -0.3 is 15.0 Å². The van der Waals surface area contributed by atoms with E-state index in [4.69, 9.17) is 0 Å². The third kappa shape index (κ3) is 3.17. The maximum atomic E-state index is 12.3. The van der Waals surface area contributed by atoms with E-state index < -0.39 is 5.97 Å². The average molecular weight is 321 g/mol. The van der Waals surface area contributed by atoms with Crippen LogP contribution in [0.5, 0.6) is 0 Å². The molecule has 0 aliphatic heterocycles. The zero-order valence-electron chi connectivity index (χ0n) is 12.9. The molecule has 120 valence electrons. The fourth-order valence-corrected chi connectivity index (χ4v) is 2.27. The summed E-state index contributed by atoms with van der Waals surface area (Å²) in [5.41, 5.74) is 2.66. The first-order valence-electron chi connectivity index (χ1n) is 7.27. The Morgan fingerprint density at radius 3 is 2.33 bits per heavy atom. The van der Waals surface area contributed by atoms with Gasteiger partial charge >= 0.3 is 5.97 Å². The number of carbonyl (C=O) groups is 2. The van der Waals surface area contributed by atoms with Gasteiger partial charge in [-0.1, -0.05) is 42.5 Å². The Labute approximate surface area is 138 Å². The van der Waals surface area contributed by atoms with Crippen molar-refractivity contribution in [1.29, 1.82) is 0 Å². The average Bonchev–Trinajstić information content (AvgIpc) is 3.10. The summed E-state index contributed by atoms with van der Waals surface area (Å²) in [6, 6.07) is 17.1. The van der Waals surface area contributed by atoms with Gasteiger partial charge in [0.2, 0.25) is 0 Å². The smallest absolute Gasteiger partial charge is 0.358 e. The minimum absolute atomic E-state index is 0.103. The molecule has 0 spiro atoms. The SMILES string of the molecule is COC(=O)c1[nH]cnc1NC(=O)c1ccc(-c2ccccc2)cc1. The molecule has 1 aromatic heterocycles. The molecule has 0 saturated heterocycles. The number of amides is 1. The molecule has 0 unspecified atom stereocenters. The van der Waals surface area contributed by atoms with E-state index >= 15 is 0 Å². The molecule has 1 heterocycles. The normalized spacial score (nSPS) is 10.2. The number of anilines is 1. The summed E-state index contributed by atoms with van der Waals surface area (Å²) in [4.78, 5) is 30.4. The molecule has 2 aromatic carbocycles. The van der Waals surface area contributed by atoms with Crippen molar-refractivity contribution in [2.45, 2.75) is 0 Å². The van der Waals surface area contributed by atoms with Gasteiger partial charge in [-0.3, -0.25) is 4.79 Å². The molecule has 6 heteroatoms. The molecule has 0 fully saturated rings. The topological polar surface area (TPSA) is 84.1 Å². The molecule has 0 atom stereocenters. The highest BCUT2D eigenvalue weighted by Crippen LogP contribution is 2.20. The van der Waals surface area contributed by atoms with Crippen LogP contribution in [0.25, 0.3) is 11.1 Å². The first-order valence-corrected chi connectivity index (χ1v) is 7.27. The third-order valence-corrected chi connectivity index (χ3v) is 3.52. The molecule has 24 heavy (non-hydrogen) atoms. The van der Waals surface area contributed by atoms with Crippen LogP contribution < -0.4 is 5.32 Å². The van der Waals surface area contributed by atoms with E-state index in [1.54, 1.807) is 12.1 Å². The minimum Gasteiger partial charge on any atom is -0.464 e. The van der Waals surface area contributed by atoms with Crippen molar-refractivity contribution >= 4 is 17.7 Å². The van der Waals surface area contributed by atoms with E-state index in [1.165, 1.54) is 13.4 Å². The van der Waals surface area contributed by atoms with Gasteiger partial charge in [-0.15, -0.1) is 0 Å². The fraction of sp³-hybridized carbons (Fsp3) is 0.0556. The second-order valence-electron chi connectivity index (χ2n) is 5.02. The van der Waals surface area contributed by atoms with Gasteiger partial charge in [0.15, 0.2) is 11.5 Å². The highest BCUT2D eigenvalue weighted by atomic mass is 16.5. The third-order valence-electron chi connectivity index (χ3n) is 3.52. The lowest BCUT2D eigenvalue weighted by molar-refractivity contribution is 0.0596. The number of imidazole rings is 1. The van der Waals surface area contributed by atoms with Crippen LogP contribution in [-0.4, -0.2) is 29.0 Å². The van der Waals surface area contributed by atoms with Gasteiger partial charge in [-0.2, -0.15) is 0 Å². The minimum atomic E-state index is -0.595. The first kappa shape index (κ1) is 15.5. The highest BCUT2D eigenvalue weighted by Gasteiger charge is 2.17. The summed E-state index contributed by atoms with van der Waals surface area (Å²) in [7, 11) is 1.26. The number of carbonyl (C=O) groups excluding carboxylic acids is 2. The van der Waals surface area contributed by atoms with E-state index in [0.29, 0.717) is 5.56 Å². The number of hydrogen-bond acceptors (Lipinski definition) is 4. The molecule has 1 amide bonds.